The first-order valence-electron chi connectivity index (χ1n) is 12.7. The van der Waals surface area contributed by atoms with Crippen molar-refractivity contribution in [3.63, 3.8) is 0 Å². The van der Waals surface area contributed by atoms with Gasteiger partial charge in [0.2, 0.25) is 0 Å². The lowest BCUT2D eigenvalue weighted by Gasteiger charge is -2.31. The number of H-pyrrole nitrogens is 1. The highest BCUT2D eigenvalue weighted by Gasteiger charge is 2.32. The summed E-state index contributed by atoms with van der Waals surface area (Å²) < 4.78 is 39.4. The maximum absolute atomic E-state index is 13.6. The SMILES string of the molecule is CCN(CC)CC(C)(C)CN=C1CC(c2ccc(C(F)(F)F)cc2)Cc2[nH]c3ccc(Cl)cc3c(=O)c21. The number of nitrogens with zero attached hydrogens (tertiary/aromatic N) is 2. The molecule has 1 atom stereocenters. The molecule has 3 aromatic rings. The molecule has 2 aromatic carbocycles. The number of nitrogens with one attached hydrogen (secondary N) is 1. The molecule has 1 aliphatic carbocycles. The monoisotopic (exact) mass is 531 g/mol. The molecule has 0 aliphatic heterocycles. The molecule has 0 saturated carbocycles. The van der Waals surface area contributed by atoms with E-state index in [2.05, 4.69) is 37.6 Å². The van der Waals surface area contributed by atoms with E-state index in [0.717, 1.165) is 43.0 Å². The molecule has 1 unspecified atom stereocenters. The normalized spacial score (nSPS) is 17.5. The first kappa shape index (κ1) is 27.4. The van der Waals surface area contributed by atoms with Crippen molar-refractivity contribution >= 4 is 28.2 Å². The Balaban J connectivity index is 1.76. The highest BCUT2D eigenvalue weighted by molar-refractivity contribution is 6.31. The summed E-state index contributed by atoms with van der Waals surface area (Å²) in [7, 11) is 0. The van der Waals surface area contributed by atoms with Crippen LogP contribution in [0.2, 0.25) is 5.02 Å². The van der Waals surface area contributed by atoms with Crippen LogP contribution in [0, 0.1) is 5.41 Å². The number of hydrogen-bond donors (Lipinski definition) is 1. The molecule has 8 heteroatoms. The number of aromatic nitrogens is 1. The van der Waals surface area contributed by atoms with Crippen molar-refractivity contribution in [3.8, 4) is 0 Å². The van der Waals surface area contributed by atoms with Gasteiger partial charge in [-0.1, -0.05) is 51.4 Å². The first-order valence-corrected chi connectivity index (χ1v) is 13.1. The molecule has 0 amide bonds. The zero-order valence-corrected chi connectivity index (χ0v) is 22.4. The van der Waals surface area contributed by atoms with E-state index in [1.807, 2.05) is 0 Å². The molecule has 1 heterocycles. The molecule has 37 heavy (non-hydrogen) atoms. The van der Waals surface area contributed by atoms with Gasteiger partial charge in [-0.15, -0.1) is 0 Å². The Kier molecular flexibility index (Phi) is 7.86. The molecule has 198 valence electrons. The second kappa shape index (κ2) is 10.6. The predicted octanol–water partition coefficient (Wildman–Crippen LogP) is 7.09. The van der Waals surface area contributed by atoms with E-state index < -0.39 is 11.7 Å². The molecule has 0 spiro atoms. The first-order chi connectivity index (χ1) is 17.4. The Hall–Kier alpha value is -2.64. The highest BCUT2D eigenvalue weighted by Crippen LogP contribution is 2.35. The second-order valence-corrected chi connectivity index (χ2v) is 11.0. The topological polar surface area (TPSA) is 48.5 Å². The van der Waals surface area contributed by atoms with Crippen LogP contribution in [-0.2, 0) is 12.6 Å². The molecule has 0 fully saturated rings. The standard InChI is InChI=1S/C29H33ClF3N3O/c1-5-36(6-2)17-28(3,4)16-34-24-13-19(18-7-9-20(10-8-18)29(31,32)33)14-25-26(24)27(37)22-15-21(30)11-12-23(22)35-25/h7-12,15,19H,5-6,13-14,16-17H2,1-4H3,(H,35,37). The van der Waals surface area contributed by atoms with Gasteiger partial charge in [-0.2, -0.15) is 13.2 Å². The average molecular weight is 532 g/mol. The van der Waals surface area contributed by atoms with Crippen LogP contribution in [0.3, 0.4) is 0 Å². The number of benzene rings is 2. The molecule has 1 N–H and O–H groups in total. The van der Waals surface area contributed by atoms with E-state index in [9.17, 15) is 18.0 Å². The molecule has 0 saturated heterocycles. The number of fused-ring (bicyclic) bond motifs is 2. The van der Waals surface area contributed by atoms with Gasteiger partial charge in [0.15, 0.2) is 5.43 Å². The molecule has 1 aromatic heterocycles. The number of alkyl halides is 3. The fourth-order valence-electron chi connectivity index (χ4n) is 5.16. The third-order valence-corrected chi connectivity index (χ3v) is 7.41. The van der Waals surface area contributed by atoms with Crippen LogP contribution in [0.1, 0.15) is 62.4 Å². The van der Waals surface area contributed by atoms with Gasteiger partial charge in [0.1, 0.15) is 0 Å². The van der Waals surface area contributed by atoms with Crippen LogP contribution < -0.4 is 5.43 Å². The third kappa shape index (κ3) is 6.10. The zero-order valence-electron chi connectivity index (χ0n) is 21.7. The van der Waals surface area contributed by atoms with Gasteiger partial charge in [-0.25, -0.2) is 0 Å². The summed E-state index contributed by atoms with van der Waals surface area (Å²) >= 11 is 6.19. The average Bonchev–Trinajstić information content (AvgIpc) is 2.86. The summed E-state index contributed by atoms with van der Waals surface area (Å²) in [5.41, 5.74) is 2.60. The summed E-state index contributed by atoms with van der Waals surface area (Å²) in [5.74, 6) is -0.0974. The second-order valence-electron chi connectivity index (χ2n) is 10.6. The van der Waals surface area contributed by atoms with Crippen molar-refractivity contribution in [1.82, 2.24) is 9.88 Å². The van der Waals surface area contributed by atoms with Crippen molar-refractivity contribution in [3.05, 3.63) is 80.1 Å². The number of aliphatic imine (C=N–C) groups is 1. The van der Waals surface area contributed by atoms with Crippen molar-refractivity contribution in [2.75, 3.05) is 26.2 Å². The molecular weight excluding hydrogens is 499 g/mol. The van der Waals surface area contributed by atoms with Crippen molar-refractivity contribution in [2.24, 2.45) is 10.4 Å². The van der Waals surface area contributed by atoms with E-state index in [4.69, 9.17) is 16.6 Å². The third-order valence-electron chi connectivity index (χ3n) is 7.17. The zero-order chi connectivity index (χ0) is 27.0. The number of rotatable bonds is 7. The Bertz CT molecular complexity index is 1360. The lowest BCUT2D eigenvalue weighted by molar-refractivity contribution is -0.137. The van der Waals surface area contributed by atoms with Gasteiger partial charge < -0.3 is 9.88 Å². The molecular formula is C29H33ClF3N3O. The van der Waals surface area contributed by atoms with E-state index in [0.29, 0.717) is 46.6 Å². The Labute approximate surface area is 220 Å². The number of pyridine rings is 1. The quantitative estimate of drug-likeness (QED) is 0.354. The lowest BCUT2D eigenvalue weighted by Crippen LogP contribution is -2.36. The van der Waals surface area contributed by atoms with Crippen LogP contribution in [-0.4, -0.2) is 41.8 Å². The summed E-state index contributed by atoms with van der Waals surface area (Å²) in [6.45, 7) is 11.9. The van der Waals surface area contributed by atoms with Gasteiger partial charge in [-0.05, 0) is 73.2 Å². The molecule has 1 aliphatic rings. The molecule has 4 nitrogen and oxygen atoms in total. The van der Waals surface area contributed by atoms with Crippen molar-refractivity contribution in [2.45, 2.75) is 52.6 Å². The summed E-state index contributed by atoms with van der Waals surface area (Å²) in [6.07, 6.45) is -3.39. The summed E-state index contributed by atoms with van der Waals surface area (Å²) in [5, 5.41) is 0.990. The minimum absolute atomic E-state index is 0.0974. The Morgan fingerprint density at radius 3 is 2.35 bits per heavy atom. The van der Waals surface area contributed by atoms with Crippen molar-refractivity contribution < 1.29 is 13.2 Å². The van der Waals surface area contributed by atoms with Gasteiger partial charge in [0, 0.05) is 40.4 Å². The van der Waals surface area contributed by atoms with Crippen LogP contribution in [0.25, 0.3) is 10.9 Å². The molecule has 0 bridgehead atoms. The Morgan fingerprint density at radius 1 is 1.05 bits per heavy atom. The van der Waals surface area contributed by atoms with Crippen LogP contribution in [0.4, 0.5) is 13.2 Å². The largest absolute Gasteiger partial charge is 0.416 e. The molecule has 0 radical (unpaired) electrons. The highest BCUT2D eigenvalue weighted by atomic mass is 35.5. The van der Waals surface area contributed by atoms with Gasteiger partial charge in [0.25, 0.3) is 0 Å². The minimum atomic E-state index is -4.38. The minimum Gasteiger partial charge on any atom is -0.358 e. The number of halogens is 4. The summed E-state index contributed by atoms with van der Waals surface area (Å²) in [4.78, 5) is 24.4. The fraction of sp³-hybridized carbons (Fsp3) is 0.448. The van der Waals surface area contributed by atoms with E-state index in [1.54, 1.807) is 30.3 Å². The van der Waals surface area contributed by atoms with Gasteiger partial charge in [0.05, 0.1) is 11.1 Å². The van der Waals surface area contributed by atoms with Crippen LogP contribution >= 0.6 is 11.6 Å². The van der Waals surface area contributed by atoms with Crippen molar-refractivity contribution in [1.29, 1.82) is 0 Å². The van der Waals surface area contributed by atoms with Gasteiger partial charge >= 0.3 is 6.18 Å². The van der Waals surface area contributed by atoms with Gasteiger partial charge in [-0.3, -0.25) is 9.79 Å². The summed E-state index contributed by atoms with van der Waals surface area (Å²) in [6, 6.07) is 10.5. The lowest BCUT2D eigenvalue weighted by atomic mass is 9.80. The smallest absolute Gasteiger partial charge is 0.358 e. The van der Waals surface area contributed by atoms with Crippen LogP contribution in [0.5, 0.6) is 0 Å². The Morgan fingerprint density at radius 2 is 1.73 bits per heavy atom. The number of aromatic amines is 1. The van der Waals surface area contributed by atoms with E-state index >= 15 is 0 Å². The predicted molar refractivity (Wildman–Crippen MR) is 145 cm³/mol. The van der Waals surface area contributed by atoms with Crippen LogP contribution in [0.15, 0.2) is 52.3 Å². The maximum atomic E-state index is 13.6. The number of hydrogen-bond acceptors (Lipinski definition) is 3. The van der Waals surface area contributed by atoms with E-state index in [-0.39, 0.29) is 16.8 Å². The fourth-order valence-corrected chi connectivity index (χ4v) is 5.33. The maximum Gasteiger partial charge on any atom is 0.416 e. The molecule has 4 rings (SSSR count). The van der Waals surface area contributed by atoms with E-state index in [1.165, 1.54) is 0 Å².